The van der Waals surface area contributed by atoms with E-state index >= 15 is 0 Å². The van der Waals surface area contributed by atoms with Gasteiger partial charge in [-0.3, -0.25) is 0 Å². The van der Waals surface area contributed by atoms with Crippen LogP contribution in [0.1, 0.15) is 17.5 Å². The van der Waals surface area contributed by atoms with E-state index in [1.807, 2.05) is 0 Å². The van der Waals surface area contributed by atoms with Crippen LogP contribution in [-0.2, 0) is 12.8 Å². The lowest BCUT2D eigenvalue weighted by atomic mass is 10.1. The molecule has 0 saturated carbocycles. The number of benzene rings is 1. The highest BCUT2D eigenvalue weighted by Gasteiger charge is 2.11. The first-order valence-electron chi connectivity index (χ1n) is 5.79. The maximum atomic E-state index is 5.47. The fourth-order valence-electron chi connectivity index (χ4n) is 1.91. The molecule has 0 spiro atoms. The zero-order chi connectivity index (χ0) is 11.2. The Hall–Kier alpha value is -1.46. The van der Waals surface area contributed by atoms with Gasteiger partial charge in [0.05, 0.1) is 6.61 Å². The molecule has 0 aromatic heterocycles. The third-order valence-corrected chi connectivity index (χ3v) is 2.79. The summed E-state index contributed by atoms with van der Waals surface area (Å²) in [6.07, 6.45) is 8.09. The van der Waals surface area contributed by atoms with Crippen molar-refractivity contribution in [3.63, 3.8) is 0 Å². The topological polar surface area (TPSA) is 21.3 Å². The molecule has 0 bridgehead atoms. The van der Waals surface area contributed by atoms with Crippen LogP contribution in [0.2, 0.25) is 0 Å². The molecule has 0 amide bonds. The second-order valence-electron chi connectivity index (χ2n) is 3.99. The molecule has 0 radical (unpaired) electrons. The first-order valence-corrected chi connectivity index (χ1v) is 5.79. The molecule has 1 aromatic carbocycles. The third kappa shape index (κ3) is 2.77. The Morgan fingerprint density at radius 3 is 3.19 bits per heavy atom. The van der Waals surface area contributed by atoms with Gasteiger partial charge in [0.1, 0.15) is 5.75 Å². The molecule has 16 heavy (non-hydrogen) atoms. The minimum atomic E-state index is 0.804. The molecule has 1 aromatic rings. The SMILES string of the molecule is C#CCCNCCc1ccc2c(c1)CCO2. The molecule has 84 valence electrons. The molecule has 0 atom stereocenters. The van der Waals surface area contributed by atoms with Gasteiger partial charge in [0.15, 0.2) is 0 Å². The highest BCUT2D eigenvalue weighted by atomic mass is 16.5. The number of ether oxygens (including phenoxy) is 1. The lowest BCUT2D eigenvalue weighted by Crippen LogP contribution is -2.18. The van der Waals surface area contributed by atoms with Gasteiger partial charge in [0.2, 0.25) is 0 Å². The number of terminal acetylenes is 1. The average molecular weight is 215 g/mol. The maximum absolute atomic E-state index is 5.47. The second kappa shape index (κ2) is 5.58. The third-order valence-electron chi connectivity index (χ3n) is 2.79. The Balaban J connectivity index is 1.80. The van der Waals surface area contributed by atoms with Gasteiger partial charge in [-0.1, -0.05) is 12.1 Å². The van der Waals surface area contributed by atoms with Gasteiger partial charge >= 0.3 is 0 Å². The summed E-state index contributed by atoms with van der Waals surface area (Å²) in [5.74, 6) is 3.68. The Labute approximate surface area is 97.0 Å². The maximum Gasteiger partial charge on any atom is 0.122 e. The largest absolute Gasteiger partial charge is 0.493 e. The van der Waals surface area contributed by atoms with Crippen molar-refractivity contribution >= 4 is 0 Å². The zero-order valence-electron chi connectivity index (χ0n) is 9.46. The Morgan fingerprint density at radius 2 is 2.31 bits per heavy atom. The van der Waals surface area contributed by atoms with Crippen LogP contribution in [0, 0.1) is 12.3 Å². The summed E-state index contributed by atoms with van der Waals surface area (Å²) in [6.45, 7) is 2.73. The quantitative estimate of drug-likeness (QED) is 0.597. The van der Waals surface area contributed by atoms with E-state index < -0.39 is 0 Å². The molecule has 1 aliphatic heterocycles. The summed E-state index contributed by atoms with van der Waals surface area (Å²) in [7, 11) is 0. The van der Waals surface area contributed by atoms with E-state index in [4.69, 9.17) is 11.2 Å². The molecule has 0 fully saturated rings. The zero-order valence-corrected chi connectivity index (χ0v) is 9.46. The van der Waals surface area contributed by atoms with Crippen LogP contribution in [0.25, 0.3) is 0 Å². The van der Waals surface area contributed by atoms with E-state index in [9.17, 15) is 0 Å². The molecular weight excluding hydrogens is 198 g/mol. The minimum absolute atomic E-state index is 0.804. The average Bonchev–Trinajstić information content (AvgIpc) is 2.76. The number of nitrogens with one attached hydrogen (secondary N) is 1. The number of rotatable bonds is 5. The second-order valence-corrected chi connectivity index (χ2v) is 3.99. The van der Waals surface area contributed by atoms with Crippen LogP contribution >= 0.6 is 0 Å². The van der Waals surface area contributed by atoms with Gasteiger partial charge in [0.25, 0.3) is 0 Å². The van der Waals surface area contributed by atoms with Crippen LogP contribution < -0.4 is 10.1 Å². The lowest BCUT2D eigenvalue weighted by Gasteiger charge is -2.05. The van der Waals surface area contributed by atoms with Gasteiger partial charge in [-0.05, 0) is 30.2 Å². The molecule has 1 aliphatic rings. The molecule has 0 unspecified atom stereocenters. The fraction of sp³-hybridized carbons (Fsp3) is 0.429. The summed E-state index contributed by atoms with van der Waals surface area (Å²) in [6, 6.07) is 6.48. The highest BCUT2D eigenvalue weighted by Crippen LogP contribution is 2.25. The van der Waals surface area contributed by atoms with Gasteiger partial charge in [-0.2, -0.15) is 0 Å². The van der Waals surface area contributed by atoms with E-state index in [0.29, 0.717) is 0 Å². The first kappa shape index (κ1) is 11.0. The van der Waals surface area contributed by atoms with E-state index in [2.05, 4.69) is 29.4 Å². The molecule has 2 nitrogen and oxygen atoms in total. The van der Waals surface area contributed by atoms with Crippen molar-refractivity contribution in [2.45, 2.75) is 19.3 Å². The smallest absolute Gasteiger partial charge is 0.122 e. The van der Waals surface area contributed by atoms with Crippen molar-refractivity contribution in [2.24, 2.45) is 0 Å². The van der Waals surface area contributed by atoms with E-state index in [0.717, 1.165) is 44.7 Å². The highest BCUT2D eigenvalue weighted by molar-refractivity contribution is 5.39. The van der Waals surface area contributed by atoms with Crippen LogP contribution in [0.5, 0.6) is 5.75 Å². The molecular formula is C14H17NO. The summed E-state index contributed by atoms with van der Waals surface area (Å²) < 4.78 is 5.47. The predicted molar refractivity (Wildman–Crippen MR) is 65.7 cm³/mol. The standard InChI is InChI=1S/C14H17NO/c1-2-3-8-15-9-6-12-4-5-14-13(11-12)7-10-16-14/h1,4-5,11,15H,3,6-10H2. The molecule has 2 heteroatoms. The van der Waals surface area contributed by atoms with Gasteiger partial charge < -0.3 is 10.1 Å². The van der Waals surface area contributed by atoms with Gasteiger partial charge in [-0.15, -0.1) is 12.3 Å². The molecule has 0 aliphatic carbocycles. The van der Waals surface area contributed by atoms with Crippen molar-refractivity contribution in [3.05, 3.63) is 29.3 Å². The van der Waals surface area contributed by atoms with Crippen molar-refractivity contribution in [3.8, 4) is 18.1 Å². The van der Waals surface area contributed by atoms with Crippen LogP contribution in [-0.4, -0.2) is 19.7 Å². The molecule has 1 N–H and O–H groups in total. The summed E-state index contributed by atoms with van der Waals surface area (Å²) in [5, 5.41) is 3.33. The fourth-order valence-corrected chi connectivity index (χ4v) is 1.91. The molecule has 1 heterocycles. The monoisotopic (exact) mass is 215 g/mol. The van der Waals surface area contributed by atoms with E-state index in [-0.39, 0.29) is 0 Å². The lowest BCUT2D eigenvalue weighted by molar-refractivity contribution is 0.357. The number of hydrogen-bond acceptors (Lipinski definition) is 2. The summed E-state index contributed by atoms with van der Waals surface area (Å²) in [5.41, 5.74) is 2.72. The van der Waals surface area contributed by atoms with Gasteiger partial charge in [-0.25, -0.2) is 0 Å². The van der Waals surface area contributed by atoms with Gasteiger partial charge in [0, 0.05) is 19.4 Å². The molecule has 0 saturated heterocycles. The van der Waals surface area contributed by atoms with Crippen LogP contribution in [0.3, 0.4) is 0 Å². The normalized spacial score (nSPS) is 12.9. The minimum Gasteiger partial charge on any atom is -0.493 e. The Bertz CT molecular complexity index is 392. The van der Waals surface area contributed by atoms with Crippen molar-refractivity contribution in [1.82, 2.24) is 5.32 Å². The Morgan fingerprint density at radius 1 is 1.38 bits per heavy atom. The van der Waals surface area contributed by atoms with Crippen molar-refractivity contribution < 1.29 is 4.74 Å². The van der Waals surface area contributed by atoms with Crippen molar-refractivity contribution in [2.75, 3.05) is 19.7 Å². The predicted octanol–water partition coefficient (Wildman–Crippen LogP) is 1.78. The van der Waals surface area contributed by atoms with Crippen molar-refractivity contribution in [1.29, 1.82) is 0 Å². The van der Waals surface area contributed by atoms with Crippen LogP contribution in [0.15, 0.2) is 18.2 Å². The summed E-state index contributed by atoms with van der Waals surface area (Å²) in [4.78, 5) is 0. The van der Waals surface area contributed by atoms with Crippen LogP contribution in [0.4, 0.5) is 0 Å². The summed E-state index contributed by atoms with van der Waals surface area (Å²) >= 11 is 0. The number of hydrogen-bond donors (Lipinski definition) is 1. The number of fused-ring (bicyclic) bond motifs is 1. The van der Waals surface area contributed by atoms with E-state index in [1.165, 1.54) is 11.1 Å². The Kier molecular flexibility index (Phi) is 3.85. The molecule has 2 rings (SSSR count). The first-order chi connectivity index (χ1) is 7.90. The van der Waals surface area contributed by atoms with E-state index in [1.54, 1.807) is 0 Å².